The van der Waals surface area contributed by atoms with Crippen molar-refractivity contribution >= 4 is 39.2 Å². The van der Waals surface area contributed by atoms with Crippen molar-refractivity contribution in [1.82, 2.24) is 20.3 Å². The maximum Gasteiger partial charge on any atom is 0.230 e. The van der Waals surface area contributed by atoms with Crippen LogP contribution in [0, 0.1) is 0 Å². The van der Waals surface area contributed by atoms with Crippen molar-refractivity contribution in [2.45, 2.75) is 31.8 Å². The van der Waals surface area contributed by atoms with Crippen molar-refractivity contribution in [1.29, 1.82) is 0 Å². The van der Waals surface area contributed by atoms with Crippen LogP contribution in [0.4, 0.5) is 0 Å². The third-order valence-electron chi connectivity index (χ3n) is 6.15. The molecule has 0 saturated carbocycles. The molecular weight excluding hydrogens is 468 g/mol. The molecule has 2 aromatic heterocycles. The number of alkyl halides is 1. The molecule has 8 nitrogen and oxygen atoms in total. The number of hydrogen-bond acceptors (Lipinski definition) is 7. The van der Waals surface area contributed by atoms with Gasteiger partial charge in [-0.05, 0) is 62.7 Å². The fourth-order valence-electron chi connectivity index (χ4n) is 4.29. The first-order valence-electron chi connectivity index (χ1n) is 11.7. The molecule has 0 unspecified atom stereocenters. The van der Waals surface area contributed by atoms with Gasteiger partial charge < -0.3 is 24.5 Å². The van der Waals surface area contributed by atoms with E-state index in [2.05, 4.69) is 20.3 Å². The number of aromatic amines is 1. The van der Waals surface area contributed by atoms with Crippen molar-refractivity contribution in [3.8, 4) is 23.1 Å². The van der Waals surface area contributed by atoms with Crippen LogP contribution < -0.4 is 19.5 Å². The number of piperidine rings is 1. The van der Waals surface area contributed by atoms with E-state index < -0.39 is 0 Å². The molecular formula is C26H27ClN4O4. The molecule has 1 aliphatic rings. The third-order valence-corrected chi connectivity index (χ3v) is 6.45. The minimum atomic E-state index is 0.0321. The molecule has 0 aliphatic carbocycles. The summed E-state index contributed by atoms with van der Waals surface area (Å²) in [6, 6.07) is 11.5. The smallest absolute Gasteiger partial charge is 0.230 e. The highest BCUT2D eigenvalue weighted by Gasteiger charge is 2.19. The molecule has 5 rings (SSSR count). The number of halogens is 1. The highest BCUT2D eigenvalue weighted by Crippen LogP contribution is 2.37. The van der Waals surface area contributed by atoms with E-state index >= 15 is 0 Å². The summed E-state index contributed by atoms with van der Waals surface area (Å²) >= 11 is 5.60. The van der Waals surface area contributed by atoms with E-state index in [1.807, 2.05) is 36.4 Å². The number of rotatable bonds is 9. The predicted octanol–water partition coefficient (Wildman–Crippen LogP) is 4.78. The number of hydrogen-bond donors (Lipinski definition) is 2. The maximum absolute atomic E-state index is 11.5. The number of aromatic nitrogens is 3. The van der Waals surface area contributed by atoms with Gasteiger partial charge in [-0.3, -0.25) is 4.79 Å². The number of benzene rings is 2. The molecule has 0 atom stereocenters. The van der Waals surface area contributed by atoms with Crippen molar-refractivity contribution < 1.29 is 19.0 Å². The van der Waals surface area contributed by atoms with Gasteiger partial charge in [0.25, 0.3) is 0 Å². The van der Waals surface area contributed by atoms with Gasteiger partial charge in [0.15, 0.2) is 11.5 Å². The molecule has 2 aromatic carbocycles. The number of methoxy groups -OCH3 is 1. The van der Waals surface area contributed by atoms with Crippen LogP contribution in [0.15, 0.2) is 42.7 Å². The summed E-state index contributed by atoms with van der Waals surface area (Å²) in [6.07, 6.45) is 4.56. The fraction of sp³-hybridized carbons (Fsp3) is 0.346. The van der Waals surface area contributed by atoms with Gasteiger partial charge in [0.2, 0.25) is 5.88 Å². The van der Waals surface area contributed by atoms with E-state index in [9.17, 15) is 4.79 Å². The molecule has 3 heterocycles. The molecule has 1 fully saturated rings. The Morgan fingerprint density at radius 2 is 1.97 bits per heavy atom. The molecule has 0 bridgehead atoms. The molecule has 182 valence electrons. The first-order chi connectivity index (χ1) is 17.1. The number of carbonyl (C=O) groups excluding carboxylic acids is 1. The quantitative estimate of drug-likeness (QED) is 0.323. The van der Waals surface area contributed by atoms with E-state index in [1.54, 1.807) is 7.11 Å². The molecule has 9 heteroatoms. The summed E-state index contributed by atoms with van der Waals surface area (Å²) in [6.45, 7) is 1.89. The Kier molecular flexibility index (Phi) is 7.01. The SMILES string of the molecule is COc1cc2c(Oc3ccc4[nH]c(CCC(=O)CCl)cc4c3)ncnc2cc1OC1CCNCC1. The van der Waals surface area contributed by atoms with Crippen LogP contribution in [0.3, 0.4) is 0 Å². The van der Waals surface area contributed by atoms with E-state index in [0.29, 0.717) is 41.5 Å². The zero-order valence-corrected chi connectivity index (χ0v) is 20.2. The van der Waals surface area contributed by atoms with E-state index in [4.69, 9.17) is 25.8 Å². The van der Waals surface area contributed by atoms with Crippen LogP contribution in [0.5, 0.6) is 23.1 Å². The average molecular weight is 495 g/mol. The Balaban J connectivity index is 1.39. The maximum atomic E-state index is 11.5. The average Bonchev–Trinajstić information content (AvgIpc) is 3.30. The second kappa shape index (κ2) is 10.5. The van der Waals surface area contributed by atoms with E-state index in [-0.39, 0.29) is 17.8 Å². The lowest BCUT2D eigenvalue weighted by Crippen LogP contribution is -2.34. The van der Waals surface area contributed by atoms with Gasteiger partial charge in [0, 0.05) is 29.1 Å². The predicted molar refractivity (Wildman–Crippen MR) is 135 cm³/mol. The van der Waals surface area contributed by atoms with Crippen LogP contribution in [-0.2, 0) is 11.2 Å². The Morgan fingerprint density at radius 3 is 2.77 bits per heavy atom. The van der Waals surface area contributed by atoms with Gasteiger partial charge in [-0.1, -0.05) is 0 Å². The first-order valence-corrected chi connectivity index (χ1v) is 12.2. The fourth-order valence-corrected chi connectivity index (χ4v) is 4.42. The highest BCUT2D eigenvalue weighted by atomic mass is 35.5. The number of Topliss-reactive ketones (excluding diaryl/α,β-unsaturated/α-hetero) is 1. The Labute approximate surface area is 207 Å². The van der Waals surface area contributed by atoms with Crippen LogP contribution in [0.1, 0.15) is 25.0 Å². The van der Waals surface area contributed by atoms with E-state index in [1.165, 1.54) is 6.33 Å². The lowest BCUT2D eigenvalue weighted by molar-refractivity contribution is -0.116. The molecule has 1 aliphatic heterocycles. The summed E-state index contributed by atoms with van der Waals surface area (Å²) in [7, 11) is 1.62. The van der Waals surface area contributed by atoms with Crippen LogP contribution in [0.25, 0.3) is 21.8 Å². The zero-order valence-electron chi connectivity index (χ0n) is 19.5. The Hall–Kier alpha value is -3.36. The molecule has 0 radical (unpaired) electrons. The van der Waals surface area contributed by atoms with Crippen molar-refractivity contribution in [3.63, 3.8) is 0 Å². The summed E-state index contributed by atoms with van der Waals surface area (Å²) in [4.78, 5) is 23.7. The Bertz CT molecular complexity index is 1350. The second-order valence-corrected chi connectivity index (χ2v) is 8.85. The largest absolute Gasteiger partial charge is 0.493 e. The highest BCUT2D eigenvalue weighted by molar-refractivity contribution is 6.27. The van der Waals surface area contributed by atoms with Crippen LogP contribution >= 0.6 is 11.6 Å². The number of nitrogens with one attached hydrogen (secondary N) is 2. The van der Waals surface area contributed by atoms with Crippen LogP contribution in [-0.4, -0.2) is 52.9 Å². The first kappa shape index (κ1) is 23.4. The lowest BCUT2D eigenvalue weighted by Gasteiger charge is -2.24. The normalized spacial score (nSPS) is 14.3. The number of ketones is 1. The molecule has 1 saturated heterocycles. The number of ether oxygens (including phenoxy) is 3. The van der Waals surface area contributed by atoms with Crippen molar-refractivity contribution in [3.05, 3.63) is 48.4 Å². The van der Waals surface area contributed by atoms with Crippen molar-refractivity contribution in [2.75, 3.05) is 26.1 Å². The zero-order chi connectivity index (χ0) is 24.2. The molecule has 0 amide bonds. The number of nitrogens with zero attached hydrogens (tertiary/aromatic N) is 2. The number of H-pyrrole nitrogens is 1. The summed E-state index contributed by atoms with van der Waals surface area (Å²) in [5.41, 5.74) is 2.67. The topological polar surface area (TPSA) is 98.4 Å². The number of aryl methyl sites for hydroxylation is 1. The minimum absolute atomic E-state index is 0.0321. The van der Waals surface area contributed by atoms with Crippen LogP contribution in [0.2, 0.25) is 0 Å². The summed E-state index contributed by atoms with van der Waals surface area (Å²) < 4.78 is 18.0. The van der Waals surface area contributed by atoms with Gasteiger partial charge >= 0.3 is 0 Å². The minimum Gasteiger partial charge on any atom is -0.493 e. The third kappa shape index (κ3) is 5.33. The van der Waals surface area contributed by atoms with Gasteiger partial charge in [-0.2, -0.15) is 0 Å². The lowest BCUT2D eigenvalue weighted by atomic mass is 10.1. The number of carbonyl (C=O) groups is 1. The van der Waals surface area contributed by atoms with Crippen molar-refractivity contribution in [2.24, 2.45) is 0 Å². The Morgan fingerprint density at radius 1 is 1.11 bits per heavy atom. The molecule has 4 aromatic rings. The standard InChI is InChI=1S/C26H27ClN4O4/c1-33-24-12-21-23(13-25(24)34-19-6-8-28-9-7-19)29-15-30-26(21)35-20-4-5-22-16(11-20)10-17(31-22)2-3-18(32)14-27/h4-5,10-13,15,19,28,31H,2-3,6-9,14H2,1H3. The van der Waals surface area contributed by atoms with Gasteiger partial charge in [-0.15, -0.1) is 11.6 Å². The molecule has 35 heavy (non-hydrogen) atoms. The monoisotopic (exact) mass is 494 g/mol. The van der Waals surface area contributed by atoms with Gasteiger partial charge in [-0.25, -0.2) is 9.97 Å². The van der Waals surface area contributed by atoms with E-state index in [0.717, 1.165) is 47.9 Å². The van der Waals surface area contributed by atoms with Gasteiger partial charge in [0.1, 0.15) is 24.0 Å². The second-order valence-electron chi connectivity index (χ2n) is 8.58. The summed E-state index contributed by atoms with van der Waals surface area (Å²) in [5, 5.41) is 5.07. The molecule has 2 N–H and O–H groups in total. The number of fused-ring (bicyclic) bond motifs is 2. The molecule has 0 spiro atoms. The van der Waals surface area contributed by atoms with Gasteiger partial charge in [0.05, 0.1) is 23.9 Å². The summed E-state index contributed by atoms with van der Waals surface area (Å²) in [5.74, 6) is 2.45.